The summed E-state index contributed by atoms with van der Waals surface area (Å²) in [5.41, 5.74) is 4.48. The lowest BCUT2D eigenvalue weighted by Crippen LogP contribution is -3.14. The highest BCUT2D eigenvalue weighted by Gasteiger charge is 2.16. The molecule has 36 heavy (non-hydrogen) atoms. The van der Waals surface area contributed by atoms with Crippen LogP contribution in [0.25, 0.3) is 0 Å². The summed E-state index contributed by atoms with van der Waals surface area (Å²) < 4.78 is 11.0. The van der Waals surface area contributed by atoms with E-state index in [2.05, 4.69) is 73.0 Å². The number of benzene rings is 2. The predicted octanol–water partition coefficient (Wildman–Crippen LogP) is 0.455. The van der Waals surface area contributed by atoms with Crippen molar-refractivity contribution in [3.05, 3.63) is 59.7 Å². The van der Waals surface area contributed by atoms with Gasteiger partial charge in [0.05, 0.1) is 52.6 Å². The number of morpholine rings is 2. The van der Waals surface area contributed by atoms with Crippen LogP contribution in [0.2, 0.25) is 0 Å². The Labute approximate surface area is 215 Å². The highest BCUT2D eigenvalue weighted by atomic mass is 16.5. The number of rotatable bonds is 8. The normalized spacial score (nSPS) is 18.3. The predicted molar refractivity (Wildman–Crippen MR) is 147 cm³/mol. The Morgan fingerprint density at radius 3 is 1.36 bits per heavy atom. The summed E-state index contributed by atoms with van der Waals surface area (Å²) in [5.74, 6) is 1.56. The van der Waals surface area contributed by atoms with Crippen molar-refractivity contribution in [2.24, 2.45) is 9.98 Å². The molecule has 0 atom stereocenters. The molecule has 2 saturated heterocycles. The molecule has 0 amide bonds. The van der Waals surface area contributed by atoms with Gasteiger partial charge in [0.15, 0.2) is 11.7 Å². The Morgan fingerprint density at radius 1 is 0.639 bits per heavy atom. The molecule has 0 unspecified atom stereocenters. The highest BCUT2D eigenvalue weighted by molar-refractivity contribution is 6.48. The molecule has 0 spiro atoms. The molecule has 0 radical (unpaired) electrons. The molecule has 0 bridgehead atoms. The van der Waals surface area contributed by atoms with Crippen LogP contribution in [0.15, 0.2) is 58.5 Å². The zero-order chi connectivity index (χ0) is 25.0. The van der Waals surface area contributed by atoms with Crippen LogP contribution in [0.4, 0.5) is 11.4 Å². The fraction of sp³-hybridized carbons (Fsp3) is 0.500. The van der Waals surface area contributed by atoms with E-state index in [9.17, 15) is 0 Å². The van der Waals surface area contributed by atoms with E-state index in [1.165, 1.54) is 11.1 Å². The van der Waals surface area contributed by atoms with Gasteiger partial charge in [-0.15, -0.1) is 0 Å². The van der Waals surface area contributed by atoms with Gasteiger partial charge in [0.1, 0.15) is 26.2 Å². The molecular formula is C28H42N6O2+2. The Balaban J connectivity index is 1.53. The number of hydrogen-bond donors (Lipinski definition) is 4. The van der Waals surface area contributed by atoms with E-state index >= 15 is 0 Å². The van der Waals surface area contributed by atoms with Crippen LogP contribution in [-0.4, -0.2) is 90.5 Å². The van der Waals surface area contributed by atoms with Crippen LogP contribution in [0.1, 0.15) is 11.1 Å². The first-order chi connectivity index (χ1) is 17.7. The maximum Gasteiger partial charge on any atom is 0.169 e. The van der Waals surface area contributed by atoms with Gasteiger partial charge in [0.25, 0.3) is 0 Å². The zero-order valence-corrected chi connectivity index (χ0v) is 21.8. The van der Waals surface area contributed by atoms with Gasteiger partial charge in [-0.25, -0.2) is 0 Å². The van der Waals surface area contributed by atoms with Gasteiger partial charge in [0, 0.05) is 11.4 Å². The van der Waals surface area contributed by atoms with Crippen molar-refractivity contribution in [3.63, 3.8) is 0 Å². The van der Waals surface area contributed by atoms with Crippen molar-refractivity contribution >= 4 is 23.0 Å². The van der Waals surface area contributed by atoms with Crippen molar-refractivity contribution in [2.45, 2.75) is 13.8 Å². The van der Waals surface area contributed by atoms with Gasteiger partial charge in [-0.3, -0.25) is 9.98 Å². The third kappa shape index (κ3) is 8.71. The van der Waals surface area contributed by atoms with E-state index in [4.69, 9.17) is 19.5 Å². The summed E-state index contributed by atoms with van der Waals surface area (Å²) in [4.78, 5) is 13.2. The minimum absolute atomic E-state index is 0.729. The first-order valence-corrected chi connectivity index (χ1v) is 13.2. The minimum Gasteiger partial charge on any atom is -0.370 e. The van der Waals surface area contributed by atoms with Crippen molar-refractivity contribution in [1.82, 2.24) is 0 Å². The van der Waals surface area contributed by atoms with E-state index in [1.54, 1.807) is 9.80 Å². The largest absolute Gasteiger partial charge is 0.370 e. The number of aliphatic imine (C=N–C) groups is 2. The maximum atomic E-state index is 5.52. The van der Waals surface area contributed by atoms with E-state index in [1.807, 2.05) is 0 Å². The van der Waals surface area contributed by atoms with E-state index in [-0.39, 0.29) is 0 Å². The molecule has 0 aromatic heterocycles. The molecule has 4 rings (SSSR count). The van der Waals surface area contributed by atoms with Crippen molar-refractivity contribution in [3.8, 4) is 0 Å². The summed E-state index contributed by atoms with van der Waals surface area (Å²) >= 11 is 0. The summed E-state index contributed by atoms with van der Waals surface area (Å²) in [7, 11) is 0. The van der Waals surface area contributed by atoms with Crippen LogP contribution in [0, 0.1) is 13.8 Å². The number of amidine groups is 2. The average Bonchev–Trinajstić information content (AvgIpc) is 2.91. The molecule has 2 heterocycles. The monoisotopic (exact) mass is 494 g/mol. The Morgan fingerprint density at radius 2 is 1.00 bits per heavy atom. The standard InChI is InChI=1S/C28H40N6O2/c1-23-3-7-25(8-4-23)31-27(29-11-13-33-15-19-35-20-16-33)28(32-26-9-5-24(2)6-10-26)30-12-14-34-17-21-36-22-18-34/h3-10H,11-22H2,1-2H3,(H,29,31)(H,30,32)/p+2. The Hall–Kier alpha value is -2.78. The van der Waals surface area contributed by atoms with Crippen LogP contribution < -0.4 is 20.4 Å². The summed E-state index contributed by atoms with van der Waals surface area (Å²) in [6, 6.07) is 16.8. The second kappa shape index (κ2) is 14.1. The molecule has 2 aromatic carbocycles. The van der Waals surface area contributed by atoms with Gasteiger partial charge in [-0.2, -0.15) is 0 Å². The number of quaternary nitrogens is 2. The van der Waals surface area contributed by atoms with Gasteiger partial charge in [-0.05, 0) is 38.1 Å². The molecule has 0 saturated carbocycles. The number of ether oxygens (including phenoxy) is 2. The maximum absolute atomic E-state index is 5.52. The third-order valence-corrected chi connectivity index (χ3v) is 6.72. The first kappa shape index (κ1) is 26.3. The summed E-state index contributed by atoms with van der Waals surface area (Å²) in [5, 5.41) is 7.12. The highest BCUT2D eigenvalue weighted by Crippen LogP contribution is 2.12. The molecule has 2 aromatic rings. The molecular weight excluding hydrogens is 452 g/mol. The minimum atomic E-state index is 0.729. The first-order valence-electron chi connectivity index (χ1n) is 13.2. The number of nitrogens with zero attached hydrogens (tertiary/aromatic N) is 2. The van der Waals surface area contributed by atoms with Gasteiger partial charge in [0.2, 0.25) is 0 Å². The SMILES string of the molecule is Cc1ccc(NC(=NCC[NH+]2CCOCC2)C(=NCC[NH+]2CCOCC2)Nc2ccc(C)cc2)cc1. The summed E-state index contributed by atoms with van der Waals surface area (Å²) in [6.45, 7) is 15.1. The molecule has 0 aliphatic carbocycles. The molecule has 8 heteroatoms. The smallest absolute Gasteiger partial charge is 0.169 e. The lowest BCUT2D eigenvalue weighted by atomic mass is 10.2. The van der Waals surface area contributed by atoms with E-state index in [0.717, 1.165) is 102 Å². The average molecular weight is 495 g/mol. The molecule has 8 nitrogen and oxygen atoms in total. The lowest BCUT2D eigenvalue weighted by molar-refractivity contribution is -0.906. The van der Waals surface area contributed by atoms with Crippen LogP contribution >= 0.6 is 0 Å². The number of hydrogen-bond acceptors (Lipinski definition) is 4. The van der Waals surface area contributed by atoms with Gasteiger partial charge in [-0.1, -0.05) is 35.4 Å². The molecule has 2 aliphatic heterocycles. The summed E-state index contributed by atoms with van der Waals surface area (Å²) in [6.07, 6.45) is 0. The van der Waals surface area contributed by atoms with Crippen LogP contribution in [0.3, 0.4) is 0 Å². The Kier molecular flexibility index (Phi) is 10.3. The fourth-order valence-electron chi connectivity index (χ4n) is 4.37. The lowest BCUT2D eigenvalue weighted by Gasteiger charge is -2.23. The van der Waals surface area contributed by atoms with Crippen molar-refractivity contribution < 1.29 is 19.3 Å². The van der Waals surface area contributed by atoms with Crippen molar-refractivity contribution in [2.75, 3.05) is 89.4 Å². The topological polar surface area (TPSA) is 76.1 Å². The fourth-order valence-corrected chi connectivity index (χ4v) is 4.37. The van der Waals surface area contributed by atoms with Crippen molar-refractivity contribution in [1.29, 1.82) is 0 Å². The molecule has 194 valence electrons. The Bertz CT molecular complexity index is 897. The van der Waals surface area contributed by atoms with Gasteiger partial charge < -0.3 is 29.9 Å². The quantitative estimate of drug-likeness (QED) is 0.318. The number of nitrogens with one attached hydrogen (secondary N) is 4. The molecule has 4 N–H and O–H groups in total. The molecule has 2 aliphatic rings. The number of anilines is 2. The second-order valence-electron chi connectivity index (χ2n) is 9.67. The van der Waals surface area contributed by atoms with Gasteiger partial charge >= 0.3 is 0 Å². The van der Waals surface area contributed by atoms with Crippen LogP contribution in [0.5, 0.6) is 0 Å². The zero-order valence-electron chi connectivity index (χ0n) is 21.8. The van der Waals surface area contributed by atoms with E-state index in [0.29, 0.717) is 0 Å². The number of aryl methyl sites for hydroxylation is 2. The third-order valence-electron chi connectivity index (χ3n) is 6.72. The van der Waals surface area contributed by atoms with Crippen LogP contribution in [-0.2, 0) is 9.47 Å². The second-order valence-corrected chi connectivity index (χ2v) is 9.67. The molecule has 2 fully saturated rings. The van der Waals surface area contributed by atoms with E-state index < -0.39 is 0 Å².